The van der Waals surface area contributed by atoms with Crippen LogP contribution in [0.2, 0.25) is 5.02 Å². The summed E-state index contributed by atoms with van der Waals surface area (Å²) in [6.07, 6.45) is 2.24. The van der Waals surface area contributed by atoms with Gasteiger partial charge < -0.3 is 20.0 Å². The summed E-state index contributed by atoms with van der Waals surface area (Å²) in [7, 11) is 0. The number of carbonyl (C=O) groups is 2. The second kappa shape index (κ2) is 10.1. The fraction of sp³-hybridized carbons (Fsp3) is 0.120. The van der Waals surface area contributed by atoms with Crippen LogP contribution in [0.5, 0.6) is 0 Å². The molecular formula is C25H21BrClN3O3. The van der Waals surface area contributed by atoms with Gasteiger partial charge in [0.25, 0.3) is 11.8 Å². The molecule has 0 unspecified atom stereocenters. The van der Waals surface area contributed by atoms with Crippen molar-refractivity contribution >= 4 is 56.3 Å². The molecule has 2 aromatic heterocycles. The third kappa shape index (κ3) is 5.56. The number of hydrogen-bond donors (Lipinski definition) is 3. The van der Waals surface area contributed by atoms with E-state index >= 15 is 0 Å². The van der Waals surface area contributed by atoms with E-state index in [1.807, 2.05) is 25.1 Å². The highest BCUT2D eigenvalue weighted by Gasteiger charge is 2.17. The number of halogens is 2. The minimum absolute atomic E-state index is 0.0890. The molecule has 0 aliphatic rings. The summed E-state index contributed by atoms with van der Waals surface area (Å²) in [4.78, 5) is 29.0. The number of carbonyl (C=O) groups excluding carboxylic acids is 2. The molecule has 0 spiro atoms. The van der Waals surface area contributed by atoms with Gasteiger partial charge in [-0.25, -0.2) is 0 Å². The number of nitrogens with one attached hydrogen (secondary N) is 3. The van der Waals surface area contributed by atoms with E-state index in [0.29, 0.717) is 22.7 Å². The number of aryl methyl sites for hydroxylation is 1. The third-order valence-electron chi connectivity index (χ3n) is 5.16. The minimum Gasteiger partial charge on any atom is -0.444 e. The van der Waals surface area contributed by atoms with Gasteiger partial charge in [0.2, 0.25) is 0 Å². The highest BCUT2D eigenvalue weighted by atomic mass is 79.9. The maximum Gasteiger partial charge on any atom is 0.291 e. The molecule has 0 aliphatic heterocycles. The number of aromatic amines is 1. The van der Waals surface area contributed by atoms with Crippen molar-refractivity contribution in [3.8, 4) is 0 Å². The SMILES string of the molecule is Cc1[nH]c2ccccc2c1CCNC(=O)C(=Cc1ccc(Cl)cc1)NC(=O)c1ccc(Br)o1. The van der Waals surface area contributed by atoms with E-state index in [9.17, 15) is 9.59 Å². The average molecular weight is 527 g/mol. The van der Waals surface area contributed by atoms with Crippen molar-refractivity contribution in [1.82, 2.24) is 15.6 Å². The first-order valence-corrected chi connectivity index (χ1v) is 11.5. The van der Waals surface area contributed by atoms with Crippen LogP contribution in [-0.4, -0.2) is 23.3 Å². The molecule has 0 bridgehead atoms. The smallest absolute Gasteiger partial charge is 0.291 e. The van der Waals surface area contributed by atoms with Gasteiger partial charge >= 0.3 is 0 Å². The highest BCUT2D eigenvalue weighted by molar-refractivity contribution is 9.10. The second-order valence-corrected chi connectivity index (χ2v) is 8.67. The van der Waals surface area contributed by atoms with Crippen molar-refractivity contribution < 1.29 is 14.0 Å². The largest absolute Gasteiger partial charge is 0.444 e. The van der Waals surface area contributed by atoms with E-state index in [4.69, 9.17) is 16.0 Å². The molecule has 0 radical (unpaired) electrons. The normalized spacial score (nSPS) is 11.5. The van der Waals surface area contributed by atoms with Gasteiger partial charge in [-0.05, 0) is 76.8 Å². The van der Waals surface area contributed by atoms with Crippen LogP contribution in [0.25, 0.3) is 17.0 Å². The van der Waals surface area contributed by atoms with Crippen molar-refractivity contribution in [2.45, 2.75) is 13.3 Å². The third-order valence-corrected chi connectivity index (χ3v) is 5.84. The summed E-state index contributed by atoms with van der Waals surface area (Å²) in [6.45, 7) is 2.42. The number of aromatic nitrogens is 1. The molecule has 0 atom stereocenters. The molecule has 33 heavy (non-hydrogen) atoms. The Labute approximate surface area is 204 Å². The van der Waals surface area contributed by atoms with E-state index in [2.05, 4.69) is 37.6 Å². The van der Waals surface area contributed by atoms with E-state index in [1.165, 1.54) is 6.07 Å². The summed E-state index contributed by atoms with van der Waals surface area (Å²) in [5.74, 6) is -0.837. The first-order valence-electron chi connectivity index (χ1n) is 10.3. The lowest BCUT2D eigenvalue weighted by Gasteiger charge is -2.11. The van der Waals surface area contributed by atoms with Crippen LogP contribution >= 0.6 is 27.5 Å². The van der Waals surface area contributed by atoms with Crippen LogP contribution in [0.3, 0.4) is 0 Å². The minimum atomic E-state index is -0.525. The molecule has 0 saturated heterocycles. The molecule has 6 nitrogen and oxygen atoms in total. The fourth-order valence-electron chi connectivity index (χ4n) is 3.56. The van der Waals surface area contributed by atoms with E-state index < -0.39 is 11.8 Å². The zero-order chi connectivity index (χ0) is 23.4. The summed E-state index contributed by atoms with van der Waals surface area (Å²) >= 11 is 9.14. The van der Waals surface area contributed by atoms with Gasteiger partial charge in [-0.15, -0.1) is 0 Å². The van der Waals surface area contributed by atoms with Gasteiger partial charge in [-0.2, -0.15) is 0 Å². The quantitative estimate of drug-likeness (QED) is 0.273. The van der Waals surface area contributed by atoms with Crippen LogP contribution in [-0.2, 0) is 11.2 Å². The topological polar surface area (TPSA) is 87.1 Å². The predicted molar refractivity (Wildman–Crippen MR) is 133 cm³/mol. The van der Waals surface area contributed by atoms with Crippen molar-refractivity contribution in [3.63, 3.8) is 0 Å². The van der Waals surface area contributed by atoms with Gasteiger partial charge in [-0.1, -0.05) is 41.9 Å². The van der Waals surface area contributed by atoms with Gasteiger partial charge in [-0.3, -0.25) is 9.59 Å². The first kappa shape index (κ1) is 22.9. The average Bonchev–Trinajstić information content (AvgIpc) is 3.37. The van der Waals surface area contributed by atoms with E-state index in [0.717, 1.165) is 27.7 Å². The Bertz CT molecular complexity index is 1340. The maximum absolute atomic E-state index is 13.0. The molecule has 4 aromatic rings. The van der Waals surface area contributed by atoms with Crippen LogP contribution in [0.4, 0.5) is 0 Å². The Kier molecular flexibility index (Phi) is 7.01. The van der Waals surface area contributed by atoms with Crippen LogP contribution in [0, 0.1) is 6.92 Å². The van der Waals surface area contributed by atoms with Crippen molar-refractivity contribution in [1.29, 1.82) is 0 Å². The lowest BCUT2D eigenvalue weighted by molar-refractivity contribution is -0.117. The van der Waals surface area contributed by atoms with Crippen LogP contribution < -0.4 is 10.6 Å². The number of fused-ring (bicyclic) bond motifs is 1. The standard InChI is InChI=1S/C25H21BrClN3O3/c1-15-18(19-4-2-3-5-20(19)29-15)12-13-28-24(31)21(14-16-6-8-17(27)9-7-16)30-25(32)22-10-11-23(26)33-22/h2-11,14,29H,12-13H2,1H3,(H,28,31)(H,30,32). The Morgan fingerprint density at radius 2 is 1.85 bits per heavy atom. The molecule has 0 saturated carbocycles. The monoisotopic (exact) mass is 525 g/mol. The molecule has 2 aromatic carbocycles. The number of rotatable bonds is 7. The Hall–Kier alpha value is -3.29. The second-order valence-electron chi connectivity index (χ2n) is 7.45. The van der Waals surface area contributed by atoms with Gasteiger partial charge in [0.1, 0.15) is 5.70 Å². The number of furan rings is 1. The Morgan fingerprint density at radius 1 is 1.09 bits per heavy atom. The van der Waals surface area contributed by atoms with Crippen molar-refractivity contribution in [2.75, 3.05) is 6.54 Å². The molecule has 0 fully saturated rings. The van der Waals surface area contributed by atoms with Crippen LogP contribution in [0.15, 0.2) is 75.4 Å². The summed E-state index contributed by atoms with van der Waals surface area (Å²) in [6, 6.07) is 18.2. The van der Waals surface area contributed by atoms with Crippen molar-refractivity contribution in [2.24, 2.45) is 0 Å². The molecule has 0 aliphatic carbocycles. The highest BCUT2D eigenvalue weighted by Crippen LogP contribution is 2.22. The number of hydrogen-bond acceptors (Lipinski definition) is 3. The zero-order valence-corrected chi connectivity index (χ0v) is 20.1. The lowest BCUT2D eigenvalue weighted by Crippen LogP contribution is -2.35. The molecule has 8 heteroatoms. The number of para-hydroxylation sites is 1. The van der Waals surface area contributed by atoms with Gasteiger partial charge in [0, 0.05) is 28.2 Å². The van der Waals surface area contributed by atoms with Gasteiger partial charge in [0.05, 0.1) is 0 Å². The van der Waals surface area contributed by atoms with Crippen molar-refractivity contribution in [3.05, 3.63) is 98.6 Å². The zero-order valence-electron chi connectivity index (χ0n) is 17.7. The predicted octanol–water partition coefficient (Wildman–Crippen LogP) is 5.62. The Balaban J connectivity index is 1.50. The number of amides is 2. The molecular weight excluding hydrogens is 506 g/mol. The number of H-pyrrole nitrogens is 1. The van der Waals surface area contributed by atoms with E-state index in [-0.39, 0.29) is 11.5 Å². The molecule has 2 heterocycles. The summed E-state index contributed by atoms with van der Waals surface area (Å²) in [5.41, 5.74) is 4.11. The molecule has 168 valence electrons. The summed E-state index contributed by atoms with van der Waals surface area (Å²) in [5, 5.41) is 7.27. The van der Waals surface area contributed by atoms with Gasteiger partial charge in [0.15, 0.2) is 10.4 Å². The Morgan fingerprint density at radius 3 is 2.58 bits per heavy atom. The van der Waals surface area contributed by atoms with E-state index in [1.54, 1.807) is 36.4 Å². The number of benzene rings is 2. The molecule has 3 N–H and O–H groups in total. The molecule has 2 amide bonds. The first-order chi connectivity index (χ1) is 15.9. The molecule has 4 rings (SSSR count). The lowest BCUT2D eigenvalue weighted by atomic mass is 10.1. The summed E-state index contributed by atoms with van der Waals surface area (Å²) < 4.78 is 5.73. The fourth-order valence-corrected chi connectivity index (χ4v) is 3.99. The maximum atomic E-state index is 13.0. The van der Waals surface area contributed by atoms with Crippen LogP contribution in [0.1, 0.15) is 27.4 Å².